The molecular weight excluding hydrogens is 258 g/mol. The highest BCUT2D eigenvalue weighted by molar-refractivity contribution is 5.44. The van der Waals surface area contributed by atoms with Gasteiger partial charge in [0.05, 0.1) is 18.8 Å². The van der Waals surface area contributed by atoms with Gasteiger partial charge in [-0.15, -0.1) is 0 Å². The Balaban J connectivity index is 1.65. The van der Waals surface area contributed by atoms with Crippen molar-refractivity contribution >= 4 is 0 Å². The van der Waals surface area contributed by atoms with Gasteiger partial charge in [-0.3, -0.25) is 0 Å². The van der Waals surface area contributed by atoms with Crippen molar-refractivity contribution in [2.24, 2.45) is 0 Å². The molecule has 5 heteroatoms. The van der Waals surface area contributed by atoms with Crippen LogP contribution in [-0.4, -0.2) is 44.2 Å². The summed E-state index contributed by atoms with van der Waals surface area (Å²) in [7, 11) is 0. The van der Waals surface area contributed by atoms with E-state index in [2.05, 4.69) is 5.32 Å². The van der Waals surface area contributed by atoms with Crippen LogP contribution >= 0.6 is 0 Å². The zero-order valence-electron chi connectivity index (χ0n) is 11.5. The molecule has 0 aliphatic carbocycles. The Morgan fingerprint density at radius 1 is 1.20 bits per heavy atom. The molecule has 1 saturated heterocycles. The van der Waals surface area contributed by atoms with Crippen LogP contribution in [0, 0.1) is 0 Å². The van der Waals surface area contributed by atoms with E-state index in [0.29, 0.717) is 13.2 Å². The van der Waals surface area contributed by atoms with Crippen LogP contribution in [0.1, 0.15) is 24.4 Å². The molecule has 1 aromatic rings. The summed E-state index contributed by atoms with van der Waals surface area (Å²) in [5, 5.41) is 12.9. The Kier molecular flexibility index (Phi) is 4.40. The van der Waals surface area contributed by atoms with Crippen molar-refractivity contribution in [3.63, 3.8) is 0 Å². The Bertz CT molecular complexity index is 445. The van der Waals surface area contributed by atoms with Crippen molar-refractivity contribution in [1.82, 2.24) is 5.32 Å². The van der Waals surface area contributed by atoms with E-state index in [1.165, 1.54) is 0 Å². The maximum Gasteiger partial charge on any atom is 0.161 e. The van der Waals surface area contributed by atoms with E-state index in [4.69, 9.17) is 14.2 Å². The lowest BCUT2D eigenvalue weighted by atomic mass is 10.1. The number of hydrogen-bond acceptors (Lipinski definition) is 5. The predicted octanol–water partition coefficient (Wildman–Crippen LogP) is 1.26. The van der Waals surface area contributed by atoms with E-state index in [1.807, 2.05) is 18.2 Å². The monoisotopic (exact) mass is 279 g/mol. The molecule has 5 nitrogen and oxygen atoms in total. The van der Waals surface area contributed by atoms with Crippen LogP contribution in [0.15, 0.2) is 18.2 Å². The van der Waals surface area contributed by atoms with Crippen LogP contribution in [-0.2, 0) is 4.74 Å². The highest BCUT2D eigenvalue weighted by atomic mass is 16.6. The zero-order chi connectivity index (χ0) is 13.8. The van der Waals surface area contributed by atoms with Crippen LogP contribution < -0.4 is 14.8 Å². The second-order valence-corrected chi connectivity index (χ2v) is 5.18. The summed E-state index contributed by atoms with van der Waals surface area (Å²) in [5.41, 5.74) is 1.01. The molecule has 2 atom stereocenters. The van der Waals surface area contributed by atoms with E-state index in [9.17, 15) is 5.11 Å². The maximum atomic E-state index is 9.58. The lowest BCUT2D eigenvalue weighted by Gasteiger charge is -2.23. The van der Waals surface area contributed by atoms with Gasteiger partial charge >= 0.3 is 0 Å². The van der Waals surface area contributed by atoms with Gasteiger partial charge in [0, 0.05) is 13.2 Å². The summed E-state index contributed by atoms with van der Waals surface area (Å²) in [6.07, 6.45) is 2.48. The number of benzene rings is 1. The second kappa shape index (κ2) is 6.43. The third-order valence-electron chi connectivity index (χ3n) is 3.77. The Hall–Kier alpha value is -1.30. The van der Waals surface area contributed by atoms with Crippen LogP contribution in [0.25, 0.3) is 0 Å². The number of fused-ring (bicyclic) bond motifs is 1. The molecule has 0 saturated carbocycles. The third-order valence-corrected chi connectivity index (χ3v) is 3.77. The normalized spacial score (nSPS) is 22.8. The molecule has 0 bridgehead atoms. The van der Waals surface area contributed by atoms with Crippen LogP contribution in [0.2, 0.25) is 0 Å². The second-order valence-electron chi connectivity index (χ2n) is 5.18. The zero-order valence-corrected chi connectivity index (χ0v) is 11.5. The summed E-state index contributed by atoms with van der Waals surface area (Å²) in [5.74, 6) is 1.53. The Labute approximate surface area is 118 Å². The molecule has 1 fully saturated rings. The lowest BCUT2D eigenvalue weighted by molar-refractivity contribution is 0.104. The average molecular weight is 279 g/mol. The summed E-state index contributed by atoms with van der Waals surface area (Å²) in [4.78, 5) is 0. The quantitative estimate of drug-likeness (QED) is 0.850. The molecule has 2 heterocycles. The molecule has 2 aliphatic rings. The fraction of sp³-hybridized carbons (Fsp3) is 0.600. The van der Waals surface area contributed by atoms with E-state index >= 15 is 0 Å². The molecule has 2 unspecified atom stereocenters. The van der Waals surface area contributed by atoms with E-state index in [0.717, 1.165) is 43.1 Å². The molecule has 2 aliphatic heterocycles. The van der Waals surface area contributed by atoms with Crippen molar-refractivity contribution in [3.8, 4) is 11.5 Å². The average Bonchev–Trinajstić information content (AvgIpc) is 3.01. The van der Waals surface area contributed by atoms with Crippen LogP contribution in [0.3, 0.4) is 0 Å². The fourth-order valence-corrected chi connectivity index (χ4v) is 2.64. The topological polar surface area (TPSA) is 60.0 Å². The van der Waals surface area contributed by atoms with Gasteiger partial charge in [-0.1, -0.05) is 6.07 Å². The van der Waals surface area contributed by atoms with Gasteiger partial charge in [0.25, 0.3) is 0 Å². The molecule has 1 aromatic carbocycles. The predicted molar refractivity (Wildman–Crippen MR) is 74.2 cm³/mol. The van der Waals surface area contributed by atoms with E-state index < -0.39 is 0 Å². The van der Waals surface area contributed by atoms with E-state index in [-0.39, 0.29) is 18.8 Å². The molecule has 3 rings (SSSR count). The molecule has 110 valence electrons. The van der Waals surface area contributed by atoms with Crippen LogP contribution in [0.5, 0.6) is 11.5 Å². The van der Waals surface area contributed by atoms with Gasteiger partial charge in [-0.05, 0) is 30.5 Å². The molecule has 20 heavy (non-hydrogen) atoms. The minimum absolute atomic E-state index is 0.0480. The molecule has 2 N–H and O–H groups in total. The van der Waals surface area contributed by atoms with Crippen molar-refractivity contribution < 1.29 is 19.3 Å². The van der Waals surface area contributed by atoms with Crippen LogP contribution in [0.4, 0.5) is 0 Å². The molecule has 0 aromatic heterocycles. The summed E-state index contributed by atoms with van der Waals surface area (Å²) in [6, 6.07) is 5.71. The molecule has 0 spiro atoms. The number of nitrogens with one attached hydrogen (secondary N) is 1. The number of rotatable bonds is 5. The highest BCUT2D eigenvalue weighted by Gasteiger charge is 2.19. The SMILES string of the molecule is OCC(NCC1CCCO1)c1ccc2c(c1)OCCO2. The minimum Gasteiger partial charge on any atom is -0.486 e. The molecule has 0 radical (unpaired) electrons. The standard InChI is InChI=1S/C15H21NO4/c17-10-13(16-9-12-2-1-5-18-12)11-3-4-14-15(8-11)20-7-6-19-14/h3-4,8,12-13,16-17H,1-2,5-7,9-10H2. The first-order chi connectivity index (χ1) is 9.86. The Morgan fingerprint density at radius 2 is 2.05 bits per heavy atom. The van der Waals surface area contributed by atoms with Gasteiger partial charge in [-0.2, -0.15) is 0 Å². The van der Waals surface area contributed by atoms with Crippen molar-refractivity contribution in [2.45, 2.75) is 25.0 Å². The number of aliphatic hydroxyl groups is 1. The molecular formula is C15H21NO4. The van der Waals surface area contributed by atoms with Gasteiger partial charge < -0.3 is 24.6 Å². The first kappa shape index (κ1) is 13.7. The van der Waals surface area contributed by atoms with Gasteiger partial charge in [0.15, 0.2) is 11.5 Å². The van der Waals surface area contributed by atoms with Crippen molar-refractivity contribution in [2.75, 3.05) is 33.0 Å². The molecule has 0 amide bonds. The van der Waals surface area contributed by atoms with Gasteiger partial charge in [-0.25, -0.2) is 0 Å². The van der Waals surface area contributed by atoms with Crippen molar-refractivity contribution in [1.29, 1.82) is 0 Å². The Morgan fingerprint density at radius 3 is 2.80 bits per heavy atom. The maximum absolute atomic E-state index is 9.58. The summed E-state index contributed by atoms with van der Waals surface area (Å²) >= 11 is 0. The lowest BCUT2D eigenvalue weighted by Crippen LogP contribution is -2.32. The highest BCUT2D eigenvalue weighted by Crippen LogP contribution is 2.32. The fourth-order valence-electron chi connectivity index (χ4n) is 2.64. The van der Waals surface area contributed by atoms with Crippen molar-refractivity contribution in [3.05, 3.63) is 23.8 Å². The number of aliphatic hydroxyl groups excluding tert-OH is 1. The summed E-state index contributed by atoms with van der Waals surface area (Å²) in [6.45, 7) is 2.82. The third kappa shape index (κ3) is 3.06. The minimum atomic E-state index is -0.102. The summed E-state index contributed by atoms with van der Waals surface area (Å²) < 4.78 is 16.7. The first-order valence-corrected chi connectivity index (χ1v) is 7.22. The smallest absolute Gasteiger partial charge is 0.161 e. The van der Waals surface area contributed by atoms with Gasteiger partial charge in [0.2, 0.25) is 0 Å². The van der Waals surface area contributed by atoms with Gasteiger partial charge in [0.1, 0.15) is 13.2 Å². The largest absolute Gasteiger partial charge is 0.486 e. The number of hydrogen-bond donors (Lipinski definition) is 2. The van der Waals surface area contributed by atoms with E-state index in [1.54, 1.807) is 0 Å². The first-order valence-electron chi connectivity index (χ1n) is 7.22. The number of ether oxygens (including phenoxy) is 3.